The van der Waals surface area contributed by atoms with Crippen LogP contribution in [-0.4, -0.2) is 45.3 Å². The number of hydrogen-bond donors (Lipinski definition) is 2. The number of para-hydroxylation sites is 1. The maximum Gasteiger partial charge on any atom is 0.183 e. The average molecular weight is 283 g/mol. The highest BCUT2D eigenvalue weighted by atomic mass is 15.2. The first-order chi connectivity index (χ1) is 10.3. The van der Waals surface area contributed by atoms with Gasteiger partial charge in [0.15, 0.2) is 5.82 Å². The van der Waals surface area contributed by atoms with E-state index in [0.717, 1.165) is 35.5 Å². The summed E-state index contributed by atoms with van der Waals surface area (Å²) < 4.78 is 0. The minimum absolute atomic E-state index is 0.534. The normalized spacial score (nSPS) is 22.6. The summed E-state index contributed by atoms with van der Waals surface area (Å²) in [4.78, 5) is 7.07. The highest BCUT2D eigenvalue weighted by Gasteiger charge is 2.34. The van der Waals surface area contributed by atoms with Crippen LogP contribution in [0.3, 0.4) is 0 Å². The van der Waals surface area contributed by atoms with Crippen LogP contribution in [-0.2, 0) is 0 Å². The second-order valence-electron chi connectivity index (χ2n) is 6.15. The summed E-state index contributed by atoms with van der Waals surface area (Å²) in [7, 11) is 0. The molecule has 2 heterocycles. The zero-order valence-corrected chi connectivity index (χ0v) is 12.3. The molecule has 2 aromatic rings. The summed E-state index contributed by atoms with van der Waals surface area (Å²) in [5.41, 5.74) is 2.21. The number of likely N-dealkylation sites (tertiary alicyclic amines) is 1. The fraction of sp³-hybridized carbons (Fsp3) is 0.500. The first kappa shape index (κ1) is 12.8. The van der Waals surface area contributed by atoms with Crippen molar-refractivity contribution < 1.29 is 0 Å². The van der Waals surface area contributed by atoms with E-state index in [-0.39, 0.29) is 0 Å². The van der Waals surface area contributed by atoms with Gasteiger partial charge in [-0.3, -0.25) is 10.00 Å². The number of anilines is 1. The second-order valence-corrected chi connectivity index (χ2v) is 6.15. The third-order valence-electron chi connectivity index (χ3n) is 4.41. The van der Waals surface area contributed by atoms with Gasteiger partial charge in [0.05, 0.1) is 0 Å². The van der Waals surface area contributed by atoms with E-state index in [1.165, 1.54) is 25.8 Å². The Morgan fingerprint density at radius 3 is 2.86 bits per heavy atom. The van der Waals surface area contributed by atoms with E-state index < -0.39 is 0 Å². The predicted octanol–water partition coefficient (Wildman–Crippen LogP) is 2.43. The summed E-state index contributed by atoms with van der Waals surface area (Å²) in [5, 5.41) is 10.9. The Kier molecular flexibility index (Phi) is 3.15. The van der Waals surface area contributed by atoms with Crippen molar-refractivity contribution in [2.75, 3.05) is 18.4 Å². The van der Waals surface area contributed by atoms with Crippen LogP contribution in [0.25, 0.3) is 11.4 Å². The van der Waals surface area contributed by atoms with Crippen LogP contribution < -0.4 is 5.32 Å². The van der Waals surface area contributed by atoms with Gasteiger partial charge in [-0.25, -0.2) is 4.98 Å². The SMILES string of the molecule is Cc1nc(-c2ccccc2NC2CCN(C3CC3)C2)n[nH]1. The number of hydrogen-bond acceptors (Lipinski definition) is 4. The minimum Gasteiger partial charge on any atom is -0.380 e. The third kappa shape index (κ3) is 2.65. The molecule has 2 aliphatic rings. The number of aryl methyl sites for hydroxylation is 1. The summed E-state index contributed by atoms with van der Waals surface area (Å²) in [6, 6.07) is 9.71. The lowest BCUT2D eigenvalue weighted by molar-refractivity contribution is 0.326. The molecule has 1 aromatic heterocycles. The number of H-pyrrole nitrogens is 1. The molecule has 2 fully saturated rings. The zero-order chi connectivity index (χ0) is 14.2. The van der Waals surface area contributed by atoms with Gasteiger partial charge < -0.3 is 5.32 Å². The molecule has 5 heteroatoms. The Labute approximate surface area is 124 Å². The highest BCUT2D eigenvalue weighted by Crippen LogP contribution is 2.32. The molecule has 0 spiro atoms. The Bertz CT molecular complexity index is 631. The topological polar surface area (TPSA) is 56.8 Å². The minimum atomic E-state index is 0.534. The molecule has 5 nitrogen and oxygen atoms in total. The Morgan fingerprint density at radius 1 is 1.24 bits per heavy atom. The van der Waals surface area contributed by atoms with E-state index in [9.17, 15) is 0 Å². The van der Waals surface area contributed by atoms with Gasteiger partial charge in [0, 0.05) is 36.4 Å². The Morgan fingerprint density at radius 2 is 2.10 bits per heavy atom. The van der Waals surface area contributed by atoms with Gasteiger partial charge in [-0.05, 0) is 38.3 Å². The molecule has 1 aliphatic carbocycles. The van der Waals surface area contributed by atoms with E-state index in [0.29, 0.717) is 6.04 Å². The van der Waals surface area contributed by atoms with Crippen LogP contribution in [0.1, 0.15) is 25.1 Å². The van der Waals surface area contributed by atoms with E-state index in [4.69, 9.17) is 0 Å². The smallest absolute Gasteiger partial charge is 0.183 e. The molecule has 0 radical (unpaired) electrons. The molecule has 4 rings (SSSR count). The van der Waals surface area contributed by atoms with Gasteiger partial charge >= 0.3 is 0 Å². The van der Waals surface area contributed by atoms with Crippen molar-refractivity contribution in [3.05, 3.63) is 30.1 Å². The molecule has 1 saturated carbocycles. The van der Waals surface area contributed by atoms with Crippen LogP contribution in [0, 0.1) is 6.92 Å². The molecule has 1 atom stereocenters. The molecular formula is C16H21N5. The Balaban J connectivity index is 1.52. The van der Waals surface area contributed by atoms with Gasteiger partial charge in [-0.2, -0.15) is 5.10 Å². The average Bonchev–Trinajstić information content (AvgIpc) is 3.09. The van der Waals surface area contributed by atoms with E-state index in [1.807, 2.05) is 13.0 Å². The molecule has 110 valence electrons. The lowest BCUT2D eigenvalue weighted by Gasteiger charge is -2.18. The van der Waals surface area contributed by atoms with Gasteiger partial charge in [0.1, 0.15) is 5.82 Å². The molecule has 1 unspecified atom stereocenters. The monoisotopic (exact) mass is 283 g/mol. The summed E-state index contributed by atoms with van der Waals surface area (Å²) in [6.07, 6.45) is 4.00. The molecule has 2 N–H and O–H groups in total. The first-order valence-corrected chi connectivity index (χ1v) is 7.78. The molecule has 1 aromatic carbocycles. The zero-order valence-electron chi connectivity index (χ0n) is 12.3. The van der Waals surface area contributed by atoms with Crippen LogP contribution >= 0.6 is 0 Å². The number of nitrogens with one attached hydrogen (secondary N) is 2. The van der Waals surface area contributed by atoms with Crippen LogP contribution in [0.5, 0.6) is 0 Å². The highest BCUT2D eigenvalue weighted by molar-refractivity contribution is 5.73. The van der Waals surface area contributed by atoms with Crippen molar-refractivity contribution in [1.82, 2.24) is 20.1 Å². The lowest BCUT2D eigenvalue weighted by Crippen LogP contribution is -2.27. The number of aromatic nitrogens is 3. The number of benzene rings is 1. The van der Waals surface area contributed by atoms with Crippen LogP contribution in [0.15, 0.2) is 24.3 Å². The summed E-state index contributed by atoms with van der Waals surface area (Å²) in [6.45, 7) is 4.31. The molecule has 1 saturated heterocycles. The maximum atomic E-state index is 4.45. The fourth-order valence-electron chi connectivity index (χ4n) is 3.16. The van der Waals surface area contributed by atoms with Gasteiger partial charge in [0.25, 0.3) is 0 Å². The lowest BCUT2D eigenvalue weighted by atomic mass is 10.1. The van der Waals surface area contributed by atoms with Crippen LogP contribution in [0.4, 0.5) is 5.69 Å². The number of aromatic amines is 1. The molecule has 0 bridgehead atoms. The quantitative estimate of drug-likeness (QED) is 0.905. The molecule has 0 amide bonds. The first-order valence-electron chi connectivity index (χ1n) is 7.78. The van der Waals surface area contributed by atoms with Crippen molar-refractivity contribution in [3.63, 3.8) is 0 Å². The maximum absolute atomic E-state index is 4.45. The van der Waals surface area contributed by atoms with E-state index in [2.05, 4.69) is 43.6 Å². The van der Waals surface area contributed by atoms with Crippen molar-refractivity contribution in [3.8, 4) is 11.4 Å². The third-order valence-corrected chi connectivity index (χ3v) is 4.41. The predicted molar refractivity (Wildman–Crippen MR) is 83.2 cm³/mol. The number of rotatable bonds is 4. The number of nitrogens with zero attached hydrogens (tertiary/aromatic N) is 3. The van der Waals surface area contributed by atoms with E-state index >= 15 is 0 Å². The molecular weight excluding hydrogens is 262 g/mol. The summed E-state index contributed by atoms with van der Waals surface area (Å²) in [5.74, 6) is 1.62. The van der Waals surface area contributed by atoms with Crippen molar-refractivity contribution >= 4 is 5.69 Å². The van der Waals surface area contributed by atoms with Gasteiger partial charge in [-0.1, -0.05) is 12.1 Å². The summed E-state index contributed by atoms with van der Waals surface area (Å²) >= 11 is 0. The molecule has 1 aliphatic heterocycles. The van der Waals surface area contributed by atoms with E-state index in [1.54, 1.807) is 0 Å². The second kappa shape index (κ2) is 5.15. The molecule has 21 heavy (non-hydrogen) atoms. The fourth-order valence-corrected chi connectivity index (χ4v) is 3.16. The van der Waals surface area contributed by atoms with Crippen LogP contribution in [0.2, 0.25) is 0 Å². The van der Waals surface area contributed by atoms with Crippen molar-refractivity contribution in [2.24, 2.45) is 0 Å². The van der Waals surface area contributed by atoms with Gasteiger partial charge in [0.2, 0.25) is 0 Å². The van der Waals surface area contributed by atoms with Gasteiger partial charge in [-0.15, -0.1) is 0 Å². The van der Waals surface area contributed by atoms with Crippen molar-refractivity contribution in [1.29, 1.82) is 0 Å². The Hall–Kier alpha value is -1.88. The van der Waals surface area contributed by atoms with Crippen molar-refractivity contribution in [2.45, 2.75) is 38.3 Å². The standard InChI is InChI=1S/C16H21N5/c1-11-17-16(20-19-11)14-4-2-3-5-15(14)18-12-8-9-21(10-12)13-6-7-13/h2-5,12-13,18H,6-10H2,1H3,(H,17,19,20). The largest absolute Gasteiger partial charge is 0.380 e.